The molecule has 3 rings (SSSR count). The molecule has 1 atom stereocenters. The van der Waals surface area contributed by atoms with Crippen LogP contribution >= 0.6 is 0 Å². The van der Waals surface area contributed by atoms with Crippen molar-refractivity contribution in [2.75, 3.05) is 5.73 Å². The summed E-state index contributed by atoms with van der Waals surface area (Å²) in [7, 11) is 0. The number of piperidine rings is 1. The summed E-state index contributed by atoms with van der Waals surface area (Å²) < 4.78 is 13.4. The van der Waals surface area contributed by atoms with Gasteiger partial charge >= 0.3 is 0 Å². The van der Waals surface area contributed by atoms with Crippen molar-refractivity contribution in [3.63, 3.8) is 0 Å². The lowest BCUT2D eigenvalue weighted by atomic mass is 10.0. The van der Waals surface area contributed by atoms with Crippen molar-refractivity contribution < 1.29 is 18.8 Å². The lowest BCUT2D eigenvalue weighted by molar-refractivity contribution is -0.136. The number of nitrogen functional groups attached to an aromatic ring is 1. The van der Waals surface area contributed by atoms with E-state index < -0.39 is 17.8 Å². The first kappa shape index (κ1) is 12.6. The van der Waals surface area contributed by atoms with Crippen LogP contribution in [0.15, 0.2) is 12.1 Å². The molecule has 1 aromatic carbocycles. The molecule has 7 heteroatoms. The van der Waals surface area contributed by atoms with Crippen LogP contribution < -0.4 is 11.1 Å². The Bertz CT molecular complexity index is 644. The predicted molar refractivity (Wildman–Crippen MR) is 66.9 cm³/mol. The third kappa shape index (κ3) is 1.82. The predicted octanol–water partition coefficient (Wildman–Crippen LogP) is 0.169. The Kier molecular flexibility index (Phi) is 2.70. The van der Waals surface area contributed by atoms with Crippen LogP contribution in [0.3, 0.4) is 0 Å². The van der Waals surface area contributed by atoms with E-state index in [1.54, 1.807) is 0 Å². The van der Waals surface area contributed by atoms with Crippen LogP contribution in [-0.2, 0) is 16.1 Å². The molecule has 6 nitrogen and oxygen atoms in total. The van der Waals surface area contributed by atoms with Gasteiger partial charge in [-0.15, -0.1) is 0 Å². The Morgan fingerprint density at radius 3 is 2.75 bits per heavy atom. The van der Waals surface area contributed by atoms with Gasteiger partial charge in [0.2, 0.25) is 11.8 Å². The summed E-state index contributed by atoms with van der Waals surface area (Å²) in [5, 5.41) is 2.21. The number of anilines is 1. The van der Waals surface area contributed by atoms with E-state index in [0.29, 0.717) is 11.1 Å². The van der Waals surface area contributed by atoms with Gasteiger partial charge in [0.1, 0.15) is 11.9 Å². The molecule has 1 aromatic rings. The fourth-order valence-corrected chi connectivity index (χ4v) is 2.60. The highest BCUT2D eigenvalue weighted by atomic mass is 19.1. The number of hydrogen-bond acceptors (Lipinski definition) is 4. The maximum Gasteiger partial charge on any atom is 0.255 e. The highest BCUT2D eigenvalue weighted by molar-refractivity contribution is 6.05. The number of hydrogen-bond donors (Lipinski definition) is 2. The maximum atomic E-state index is 13.4. The molecule has 1 saturated heterocycles. The maximum absolute atomic E-state index is 13.4. The Morgan fingerprint density at radius 1 is 1.30 bits per heavy atom. The SMILES string of the molecule is Nc1cc2c(cc1F)CN([C@H]1CCC(=O)NC1=O)C2=O. The molecule has 2 aliphatic rings. The second-order valence-corrected chi connectivity index (χ2v) is 4.93. The number of carbonyl (C=O) groups excluding carboxylic acids is 3. The number of nitrogens with two attached hydrogens (primary N) is 1. The van der Waals surface area contributed by atoms with Crippen LogP contribution in [0, 0.1) is 5.82 Å². The Balaban J connectivity index is 1.90. The zero-order valence-electron chi connectivity index (χ0n) is 10.5. The number of nitrogens with zero attached hydrogens (tertiary/aromatic N) is 1. The van der Waals surface area contributed by atoms with Crippen molar-refractivity contribution in [1.29, 1.82) is 0 Å². The number of halogens is 1. The van der Waals surface area contributed by atoms with E-state index in [-0.39, 0.29) is 36.9 Å². The second kappa shape index (κ2) is 4.29. The fourth-order valence-electron chi connectivity index (χ4n) is 2.60. The van der Waals surface area contributed by atoms with E-state index in [1.165, 1.54) is 17.0 Å². The minimum Gasteiger partial charge on any atom is -0.396 e. The third-order valence-electron chi connectivity index (χ3n) is 3.64. The molecule has 2 heterocycles. The molecule has 0 bridgehead atoms. The van der Waals surface area contributed by atoms with Crippen LogP contribution in [0.1, 0.15) is 28.8 Å². The zero-order chi connectivity index (χ0) is 14.4. The summed E-state index contributed by atoms with van der Waals surface area (Å²) >= 11 is 0. The van der Waals surface area contributed by atoms with Gasteiger partial charge in [0.25, 0.3) is 5.91 Å². The van der Waals surface area contributed by atoms with Crippen LogP contribution in [-0.4, -0.2) is 28.7 Å². The normalized spacial score (nSPS) is 21.9. The van der Waals surface area contributed by atoms with Gasteiger partial charge in [-0.05, 0) is 24.1 Å². The molecule has 0 aromatic heterocycles. The topological polar surface area (TPSA) is 92.5 Å². The highest BCUT2D eigenvalue weighted by Gasteiger charge is 2.39. The van der Waals surface area contributed by atoms with Gasteiger partial charge in [-0.25, -0.2) is 4.39 Å². The van der Waals surface area contributed by atoms with Gasteiger partial charge < -0.3 is 10.6 Å². The molecule has 0 saturated carbocycles. The Hall–Kier alpha value is -2.44. The summed E-state index contributed by atoms with van der Waals surface area (Å²) in [6, 6.07) is 1.81. The van der Waals surface area contributed by atoms with E-state index in [0.717, 1.165) is 0 Å². The van der Waals surface area contributed by atoms with Gasteiger partial charge in [0, 0.05) is 18.5 Å². The van der Waals surface area contributed by atoms with Gasteiger partial charge in [-0.1, -0.05) is 0 Å². The molecule has 0 spiro atoms. The van der Waals surface area contributed by atoms with Gasteiger partial charge in [0.15, 0.2) is 0 Å². The lowest BCUT2D eigenvalue weighted by Crippen LogP contribution is -2.52. The standard InChI is InChI=1S/C13H12FN3O3/c14-8-3-6-5-17(13(20)7(6)4-9(8)15)10-1-2-11(18)16-12(10)19/h3-4,10H,1-2,5,15H2,(H,16,18,19)/t10-/m0/s1. The van der Waals surface area contributed by atoms with Crippen molar-refractivity contribution in [3.05, 3.63) is 29.1 Å². The van der Waals surface area contributed by atoms with E-state index in [9.17, 15) is 18.8 Å². The highest BCUT2D eigenvalue weighted by Crippen LogP contribution is 2.29. The van der Waals surface area contributed by atoms with E-state index in [4.69, 9.17) is 5.73 Å². The Labute approximate surface area is 113 Å². The van der Waals surface area contributed by atoms with Gasteiger partial charge in [-0.3, -0.25) is 19.7 Å². The number of carbonyl (C=O) groups is 3. The molecule has 0 radical (unpaired) electrons. The van der Waals surface area contributed by atoms with Crippen LogP contribution in [0.5, 0.6) is 0 Å². The molecule has 20 heavy (non-hydrogen) atoms. The number of imide groups is 1. The quantitative estimate of drug-likeness (QED) is 0.565. The minimum absolute atomic E-state index is 0.0952. The number of fused-ring (bicyclic) bond motifs is 1. The molecule has 0 unspecified atom stereocenters. The average molecular weight is 277 g/mol. The molecule has 2 aliphatic heterocycles. The number of amides is 3. The smallest absolute Gasteiger partial charge is 0.255 e. The van der Waals surface area contributed by atoms with Crippen LogP contribution in [0.4, 0.5) is 10.1 Å². The molecular formula is C13H12FN3O3. The Morgan fingerprint density at radius 2 is 2.05 bits per heavy atom. The molecule has 0 aliphatic carbocycles. The number of rotatable bonds is 1. The first-order chi connectivity index (χ1) is 9.47. The average Bonchev–Trinajstić information content (AvgIpc) is 2.68. The summed E-state index contributed by atoms with van der Waals surface area (Å²) in [5.74, 6) is -1.77. The first-order valence-electron chi connectivity index (χ1n) is 6.20. The third-order valence-corrected chi connectivity index (χ3v) is 3.64. The van der Waals surface area contributed by atoms with E-state index >= 15 is 0 Å². The van der Waals surface area contributed by atoms with Crippen molar-refractivity contribution in [1.82, 2.24) is 10.2 Å². The lowest BCUT2D eigenvalue weighted by Gasteiger charge is -2.29. The second-order valence-electron chi connectivity index (χ2n) is 4.93. The van der Waals surface area contributed by atoms with Gasteiger partial charge in [0.05, 0.1) is 5.69 Å². The first-order valence-corrected chi connectivity index (χ1v) is 6.20. The molecule has 104 valence electrons. The summed E-state index contributed by atoms with van der Waals surface area (Å²) in [4.78, 5) is 36.5. The minimum atomic E-state index is -0.697. The number of benzene rings is 1. The zero-order valence-corrected chi connectivity index (χ0v) is 10.5. The van der Waals surface area contributed by atoms with Crippen LogP contribution in [0.2, 0.25) is 0 Å². The van der Waals surface area contributed by atoms with Crippen molar-refractivity contribution >= 4 is 23.4 Å². The summed E-state index contributed by atoms with van der Waals surface area (Å²) in [5.41, 5.74) is 6.18. The number of nitrogens with one attached hydrogen (secondary N) is 1. The van der Waals surface area contributed by atoms with Crippen LogP contribution in [0.25, 0.3) is 0 Å². The van der Waals surface area contributed by atoms with Crippen molar-refractivity contribution in [2.45, 2.75) is 25.4 Å². The molecule has 3 amide bonds. The van der Waals surface area contributed by atoms with Gasteiger partial charge in [-0.2, -0.15) is 0 Å². The molecular weight excluding hydrogens is 265 g/mol. The largest absolute Gasteiger partial charge is 0.396 e. The van der Waals surface area contributed by atoms with E-state index in [1.807, 2.05) is 0 Å². The fraction of sp³-hybridized carbons (Fsp3) is 0.308. The van der Waals surface area contributed by atoms with Crippen molar-refractivity contribution in [2.24, 2.45) is 0 Å². The van der Waals surface area contributed by atoms with Crippen molar-refractivity contribution in [3.8, 4) is 0 Å². The summed E-state index contributed by atoms with van der Waals surface area (Å²) in [6.07, 6.45) is 0.468. The molecule has 1 fully saturated rings. The monoisotopic (exact) mass is 277 g/mol. The van der Waals surface area contributed by atoms with E-state index in [2.05, 4.69) is 5.32 Å². The molecule has 3 N–H and O–H groups in total. The summed E-state index contributed by atoms with van der Waals surface area (Å²) in [6.45, 7) is 0.150.